The number of hydrogen-bond donors (Lipinski definition) is 0. The molecule has 0 fully saturated rings. The van der Waals surface area contributed by atoms with Crippen LogP contribution in [0.3, 0.4) is 0 Å². The molecule has 0 unspecified atom stereocenters. The zero-order valence-electron chi connectivity index (χ0n) is 8.03. The number of hydrogen-bond acceptors (Lipinski definition) is 2. The van der Waals surface area contributed by atoms with Crippen molar-refractivity contribution in [3.05, 3.63) is 48.2 Å². The average molecular weight is 185 g/mol. The minimum absolute atomic E-state index is 0.847. The summed E-state index contributed by atoms with van der Waals surface area (Å²) in [5.41, 5.74) is 4.20. The molecule has 0 atom stereocenters. The van der Waals surface area contributed by atoms with E-state index in [1.165, 1.54) is 5.56 Å². The predicted molar refractivity (Wildman–Crippen MR) is 56.8 cm³/mol. The van der Waals surface area contributed by atoms with Gasteiger partial charge >= 0.3 is 0 Å². The van der Waals surface area contributed by atoms with Gasteiger partial charge in [0.05, 0.1) is 0 Å². The van der Waals surface area contributed by atoms with Crippen molar-refractivity contribution in [3.8, 4) is 11.3 Å². The van der Waals surface area contributed by atoms with Crippen LogP contribution in [0, 0.1) is 6.92 Å². The van der Waals surface area contributed by atoms with E-state index in [0.29, 0.717) is 0 Å². The van der Waals surface area contributed by atoms with Gasteiger partial charge in [0.25, 0.3) is 0 Å². The number of rotatable bonds is 2. The maximum absolute atomic E-state index is 4.81. The monoisotopic (exact) mass is 185 g/mol. The lowest BCUT2D eigenvalue weighted by molar-refractivity contribution is 0.422. The van der Waals surface area contributed by atoms with Gasteiger partial charge < -0.3 is 4.52 Å². The molecular weight excluding hydrogens is 174 g/mol. The zero-order valence-corrected chi connectivity index (χ0v) is 8.03. The first-order valence-corrected chi connectivity index (χ1v) is 4.45. The normalized spacial score (nSPS) is 10.1. The standard InChI is InChI=1S/C12H11NO/c1-3-10-8-9(2)4-5-11(10)12-6-7-14-13-12/h3-8H,1H2,2H3. The molecule has 2 heteroatoms. The molecule has 0 saturated carbocycles. The molecule has 70 valence electrons. The fraction of sp³-hybridized carbons (Fsp3) is 0.0833. The van der Waals surface area contributed by atoms with Crippen LogP contribution in [0.5, 0.6) is 0 Å². The molecule has 0 bridgehead atoms. The SMILES string of the molecule is C=Cc1cc(C)ccc1-c1ccon1. The fourth-order valence-electron chi connectivity index (χ4n) is 1.44. The van der Waals surface area contributed by atoms with Gasteiger partial charge in [0.15, 0.2) is 0 Å². The van der Waals surface area contributed by atoms with Crippen molar-refractivity contribution in [1.29, 1.82) is 0 Å². The summed E-state index contributed by atoms with van der Waals surface area (Å²) in [7, 11) is 0. The largest absolute Gasteiger partial charge is 0.364 e. The first-order chi connectivity index (χ1) is 6.81. The van der Waals surface area contributed by atoms with E-state index in [0.717, 1.165) is 16.8 Å². The highest BCUT2D eigenvalue weighted by Gasteiger charge is 2.05. The van der Waals surface area contributed by atoms with Gasteiger partial charge in [0.2, 0.25) is 0 Å². The lowest BCUT2D eigenvalue weighted by atomic mass is 10.0. The molecular formula is C12H11NO. The van der Waals surface area contributed by atoms with E-state index < -0.39 is 0 Å². The topological polar surface area (TPSA) is 26.0 Å². The summed E-state index contributed by atoms with van der Waals surface area (Å²) in [5, 5.41) is 3.90. The highest BCUT2D eigenvalue weighted by Crippen LogP contribution is 2.23. The Labute approximate surface area is 82.9 Å². The van der Waals surface area contributed by atoms with Crippen molar-refractivity contribution >= 4 is 6.08 Å². The second-order valence-electron chi connectivity index (χ2n) is 3.18. The van der Waals surface area contributed by atoms with Gasteiger partial charge in [-0.1, -0.05) is 41.6 Å². The molecule has 0 aliphatic carbocycles. The van der Waals surface area contributed by atoms with Crippen molar-refractivity contribution in [1.82, 2.24) is 5.16 Å². The van der Waals surface area contributed by atoms with Gasteiger partial charge in [-0.2, -0.15) is 0 Å². The third-order valence-corrected chi connectivity index (χ3v) is 2.14. The molecule has 0 amide bonds. The molecule has 2 rings (SSSR count). The summed E-state index contributed by atoms with van der Waals surface area (Å²) in [6.07, 6.45) is 3.40. The minimum Gasteiger partial charge on any atom is -0.364 e. The Balaban J connectivity index is 2.58. The first kappa shape index (κ1) is 8.75. The van der Waals surface area contributed by atoms with Crippen LogP contribution in [-0.4, -0.2) is 5.16 Å². The summed E-state index contributed by atoms with van der Waals surface area (Å²) >= 11 is 0. The van der Waals surface area contributed by atoms with Crippen LogP contribution in [0.15, 0.2) is 41.6 Å². The molecule has 0 aliphatic heterocycles. The van der Waals surface area contributed by atoms with Crippen molar-refractivity contribution < 1.29 is 4.52 Å². The van der Waals surface area contributed by atoms with Gasteiger partial charge in [-0.25, -0.2) is 0 Å². The summed E-state index contributed by atoms with van der Waals surface area (Å²) in [6.45, 7) is 5.84. The quantitative estimate of drug-likeness (QED) is 0.717. The molecule has 1 aromatic carbocycles. The highest BCUT2D eigenvalue weighted by molar-refractivity contribution is 5.72. The summed E-state index contributed by atoms with van der Waals surface area (Å²) in [5.74, 6) is 0. The van der Waals surface area contributed by atoms with Crippen LogP contribution < -0.4 is 0 Å². The van der Waals surface area contributed by atoms with E-state index >= 15 is 0 Å². The summed E-state index contributed by atoms with van der Waals surface area (Å²) in [4.78, 5) is 0. The van der Waals surface area contributed by atoms with Crippen molar-refractivity contribution in [3.63, 3.8) is 0 Å². The molecule has 14 heavy (non-hydrogen) atoms. The van der Waals surface area contributed by atoms with Gasteiger partial charge in [-0.15, -0.1) is 0 Å². The summed E-state index contributed by atoms with van der Waals surface area (Å²) < 4.78 is 4.81. The van der Waals surface area contributed by atoms with E-state index in [9.17, 15) is 0 Å². The van der Waals surface area contributed by atoms with Gasteiger partial charge in [0.1, 0.15) is 12.0 Å². The number of aryl methyl sites for hydroxylation is 1. The van der Waals surface area contributed by atoms with Gasteiger partial charge in [-0.3, -0.25) is 0 Å². The third kappa shape index (κ3) is 1.46. The molecule has 0 saturated heterocycles. The summed E-state index contributed by atoms with van der Waals surface area (Å²) in [6, 6.07) is 8.01. The number of aromatic nitrogens is 1. The Hall–Kier alpha value is -1.83. The van der Waals surface area contributed by atoms with Crippen LogP contribution in [0.4, 0.5) is 0 Å². The lowest BCUT2D eigenvalue weighted by Gasteiger charge is -2.03. The number of benzene rings is 1. The van der Waals surface area contributed by atoms with E-state index in [1.807, 2.05) is 18.2 Å². The Morgan fingerprint density at radius 3 is 2.86 bits per heavy atom. The second kappa shape index (κ2) is 3.50. The van der Waals surface area contributed by atoms with Crippen LogP contribution in [0.25, 0.3) is 17.3 Å². The Morgan fingerprint density at radius 1 is 1.36 bits per heavy atom. The van der Waals surface area contributed by atoms with Crippen molar-refractivity contribution in [2.75, 3.05) is 0 Å². The Bertz CT molecular complexity index is 443. The van der Waals surface area contributed by atoms with E-state index in [-0.39, 0.29) is 0 Å². The molecule has 0 aliphatic rings. The molecule has 0 radical (unpaired) electrons. The van der Waals surface area contributed by atoms with E-state index in [2.05, 4.69) is 30.8 Å². The maximum Gasteiger partial charge on any atom is 0.124 e. The van der Waals surface area contributed by atoms with E-state index in [1.54, 1.807) is 6.26 Å². The highest BCUT2D eigenvalue weighted by atomic mass is 16.5. The Morgan fingerprint density at radius 2 is 2.21 bits per heavy atom. The molecule has 0 spiro atoms. The predicted octanol–water partition coefficient (Wildman–Crippen LogP) is 3.29. The van der Waals surface area contributed by atoms with Crippen molar-refractivity contribution in [2.45, 2.75) is 6.92 Å². The Kier molecular flexibility index (Phi) is 2.19. The first-order valence-electron chi connectivity index (χ1n) is 4.45. The van der Waals surface area contributed by atoms with Crippen molar-refractivity contribution in [2.24, 2.45) is 0 Å². The number of nitrogens with zero attached hydrogens (tertiary/aromatic N) is 1. The molecule has 1 heterocycles. The van der Waals surface area contributed by atoms with Gasteiger partial charge in [0, 0.05) is 11.6 Å². The zero-order chi connectivity index (χ0) is 9.97. The van der Waals surface area contributed by atoms with Crippen LogP contribution in [-0.2, 0) is 0 Å². The minimum atomic E-state index is 0.847. The molecule has 2 nitrogen and oxygen atoms in total. The van der Waals surface area contributed by atoms with Crippen LogP contribution in [0.1, 0.15) is 11.1 Å². The molecule has 1 aromatic heterocycles. The molecule has 2 aromatic rings. The fourth-order valence-corrected chi connectivity index (χ4v) is 1.44. The maximum atomic E-state index is 4.81. The second-order valence-corrected chi connectivity index (χ2v) is 3.18. The van der Waals surface area contributed by atoms with E-state index in [4.69, 9.17) is 4.52 Å². The lowest BCUT2D eigenvalue weighted by Crippen LogP contribution is -1.84. The third-order valence-electron chi connectivity index (χ3n) is 2.14. The van der Waals surface area contributed by atoms with Crippen LogP contribution >= 0.6 is 0 Å². The van der Waals surface area contributed by atoms with Crippen LogP contribution in [0.2, 0.25) is 0 Å². The smallest absolute Gasteiger partial charge is 0.124 e. The average Bonchev–Trinajstić information content (AvgIpc) is 2.70. The van der Waals surface area contributed by atoms with Gasteiger partial charge in [-0.05, 0) is 12.5 Å². The molecule has 0 N–H and O–H groups in total.